The van der Waals surface area contributed by atoms with Crippen LogP contribution in [-0.4, -0.2) is 11.1 Å². The van der Waals surface area contributed by atoms with Crippen molar-refractivity contribution < 1.29 is 9.90 Å². The molecule has 19 heavy (non-hydrogen) atoms. The smallest absolute Gasteiger partial charge is 0.318 e. The number of carbonyl (C=O) groups is 1. The highest BCUT2D eigenvalue weighted by molar-refractivity contribution is 5.97. The van der Waals surface area contributed by atoms with Gasteiger partial charge in [0.25, 0.3) is 0 Å². The molecule has 2 nitrogen and oxygen atoms in total. The van der Waals surface area contributed by atoms with Crippen LogP contribution in [0.25, 0.3) is 11.1 Å². The van der Waals surface area contributed by atoms with Crippen molar-refractivity contribution >= 4 is 5.97 Å². The zero-order chi connectivity index (χ0) is 13.5. The third kappa shape index (κ3) is 1.46. The first-order chi connectivity index (χ1) is 9.21. The lowest BCUT2D eigenvalue weighted by molar-refractivity contribution is -0.142. The molecule has 0 heterocycles. The Kier molecular flexibility index (Phi) is 2.67. The fraction of sp³-hybridized carbons (Fsp3) is 0.235. The molecule has 0 unspecified atom stereocenters. The monoisotopic (exact) mass is 252 g/mol. The van der Waals surface area contributed by atoms with Crippen LogP contribution >= 0.6 is 0 Å². The Labute approximate surface area is 112 Å². The van der Waals surface area contributed by atoms with E-state index in [0.717, 1.165) is 28.7 Å². The van der Waals surface area contributed by atoms with Crippen LogP contribution in [-0.2, 0) is 10.2 Å². The van der Waals surface area contributed by atoms with Gasteiger partial charge in [0.1, 0.15) is 5.41 Å². The SMILES string of the molecule is CCCC1(C(=O)O)c2ccccc2-c2ccccc21. The summed E-state index contributed by atoms with van der Waals surface area (Å²) >= 11 is 0. The van der Waals surface area contributed by atoms with Gasteiger partial charge in [-0.15, -0.1) is 0 Å². The van der Waals surface area contributed by atoms with Gasteiger partial charge < -0.3 is 5.11 Å². The highest BCUT2D eigenvalue weighted by atomic mass is 16.4. The molecule has 0 atom stereocenters. The molecule has 0 saturated carbocycles. The summed E-state index contributed by atoms with van der Waals surface area (Å²) in [6, 6.07) is 15.8. The van der Waals surface area contributed by atoms with Crippen molar-refractivity contribution in [2.24, 2.45) is 0 Å². The number of carboxylic acid groups (broad SMARTS) is 1. The van der Waals surface area contributed by atoms with Gasteiger partial charge in [-0.1, -0.05) is 61.9 Å². The van der Waals surface area contributed by atoms with Crippen LogP contribution in [0.1, 0.15) is 30.9 Å². The molecular formula is C17H16O2. The predicted octanol–water partition coefficient (Wildman–Crippen LogP) is 3.84. The van der Waals surface area contributed by atoms with Gasteiger partial charge in [0.05, 0.1) is 0 Å². The summed E-state index contributed by atoms with van der Waals surface area (Å²) in [4.78, 5) is 12.0. The second-order valence-electron chi connectivity index (χ2n) is 5.05. The van der Waals surface area contributed by atoms with E-state index in [-0.39, 0.29) is 0 Å². The third-order valence-corrected chi connectivity index (χ3v) is 4.05. The van der Waals surface area contributed by atoms with Crippen LogP contribution in [0, 0.1) is 0 Å². The van der Waals surface area contributed by atoms with Crippen molar-refractivity contribution in [3.05, 3.63) is 59.7 Å². The molecule has 1 N–H and O–H groups in total. The Morgan fingerprint density at radius 3 is 1.89 bits per heavy atom. The zero-order valence-electron chi connectivity index (χ0n) is 10.9. The summed E-state index contributed by atoms with van der Waals surface area (Å²) in [6.07, 6.45) is 1.48. The Balaban J connectivity index is 2.38. The van der Waals surface area contributed by atoms with Crippen molar-refractivity contribution in [1.29, 1.82) is 0 Å². The van der Waals surface area contributed by atoms with Crippen molar-refractivity contribution in [3.63, 3.8) is 0 Å². The molecule has 2 heteroatoms. The van der Waals surface area contributed by atoms with Crippen molar-refractivity contribution in [2.45, 2.75) is 25.2 Å². The molecule has 0 saturated heterocycles. The molecular weight excluding hydrogens is 236 g/mol. The van der Waals surface area contributed by atoms with E-state index in [9.17, 15) is 9.90 Å². The van der Waals surface area contributed by atoms with Crippen LogP contribution in [0.5, 0.6) is 0 Å². The summed E-state index contributed by atoms with van der Waals surface area (Å²) in [7, 11) is 0. The fourth-order valence-corrected chi connectivity index (χ4v) is 3.31. The average molecular weight is 252 g/mol. The molecule has 0 aromatic heterocycles. The normalized spacial score (nSPS) is 14.8. The number of carboxylic acids is 1. The molecule has 0 fully saturated rings. The molecule has 1 aliphatic carbocycles. The summed E-state index contributed by atoms with van der Waals surface area (Å²) in [5.41, 5.74) is 3.13. The Hall–Kier alpha value is -2.09. The van der Waals surface area contributed by atoms with E-state index >= 15 is 0 Å². The van der Waals surface area contributed by atoms with E-state index in [0.29, 0.717) is 6.42 Å². The van der Waals surface area contributed by atoms with Gasteiger partial charge in [-0.25, -0.2) is 0 Å². The first kappa shape index (κ1) is 12.0. The van der Waals surface area contributed by atoms with E-state index in [4.69, 9.17) is 0 Å². The second kappa shape index (κ2) is 4.23. The van der Waals surface area contributed by atoms with Crippen LogP contribution in [0.4, 0.5) is 0 Å². The molecule has 0 spiro atoms. The van der Waals surface area contributed by atoms with E-state index in [1.54, 1.807) is 0 Å². The van der Waals surface area contributed by atoms with Gasteiger partial charge in [0.15, 0.2) is 0 Å². The summed E-state index contributed by atoms with van der Waals surface area (Å²) in [5.74, 6) is -0.744. The Bertz CT molecular complexity index is 598. The Morgan fingerprint density at radius 1 is 1.00 bits per heavy atom. The molecule has 3 rings (SSSR count). The summed E-state index contributed by atoms with van der Waals surface area (Å²) < 4.78 is 0. The third-order valence-electron chi connectivity index (χ3n) is 4.05. The van der Waals surface area contributed by atoms with Gasteiger partial charge in [-0.3, -0.25) is 4.79 Å². The van der Waals surface area contributed by atoms with Crippen molar-refractivity contribution in [3.8, 4) is 11.1 Å². The number of aliphatic carboxylic acids is 1. The van der Waals surface area contributed by atoms with Crippen LogP contribution in [0.15, 0.2) is 48.5 Å². The fourth-order valence-electron chi connectivity index (χ4n) is 3.31. The molecule has 0 aliphatic heterocycles. The quantitative estimate of drug-likeness (QED) is 0.901. The maximum atomic E-state index is 12.0. The lowest BCUT2D eigenvalue weighted by atomic mass is 9.75. The lowest BCUT2D eigenvalue weighted by Crippen LogP contribution is -2.35. The van der Waals surface area contributed by atoms with Gasteiger partial charge in [-0.2, -0.15) is 0 Å². The Morgan fingerprint density at radius 2 is 1.47 bits per heavy atom. The van der Waals surface area contributed by atoms with E-state index in [2.05, 4.69) is 0 Å². The topological polar surface area (TPSA) is 37.3 Å². The standard InChI is InChI=1S/C17H16O2/c1-2-11-17(16(18)19)14-9-5-3-7-12(14)13-8-4-6-10-15(13)17/h3-10H,2,11H2,1H3,(H,18,19). The van der Waals surface area contributed by atoms with Gasteiger partial charge in [0.2, 0.25) is 0 Å². The highest BCUT2D eigenvalue weighted by Crippen LogP contribution is 2.51. The minimum Gasteiger partial charge on any atom is -0.480 e. The summed E-state index contributed by atoms with van der Waals surface area (Å²) in [6.45, 7) is 2.04. The average Bonchev–Trinajstić information content (AvgIpc) is 2.72. The molecule has 0 amide bonds. The zero-order valence-corrected chi connectivity index (χ0v) is 10.9. The number of rotatable bonds is 3. The van der Waals surface area contributed by atoms with Crippen LogP contribution in [0.2, 0.25) is 0 Å². The molecule has 0 bridgehead atoms. The molecule has 2 aromatic rings. The molecule has 0 radical (unpaired) electrons. The molecule has 2 aromatic carbocycles. The van der Waals surface area contributed by atoms with Crippen LogP contribution in [0.3, 0.4) is 0 Å². The minimum atomic E-state index is -0.873. The second-order valence-corrected chi connectivity index (χ2v) is 5.05. The van der Waals surface area contributed by atoms with E-state index in [1.165, 1.54) is 0 Å². The molecule has 96 valence electrons. The van der Waals surface area contributed by atoms with E-state index < -0.39 is 11.4 Å². The predicted molar refractivity (Wildman–Crippen MR) is 75.2 cm³/mol. The van der Waals surface area contributed by atoms with Gasteiger partial charge in [0, 0.05) is 0 Å². The lowest BCUT2D eigenvalue weighted by Gasteiger charge is -2.26. The largest absolute Gasteiger partial charge is 0.480 e. The minimum absolute atomic E-state index is 0.635. The summed E-state index contributed by atoms with van der Waals surface area (Å²) in [5, 5.41) is 9.89. The highest BCUT2D eigenvalue weighted by Gasteiger charge is 2.48. The first-order valence-corrected chi connectivity index (χ1v) is 6.64. The van der Waals surface area contributed by atoms with E-state index in [1.807, 2.05) is 55.5 Å². The number of hydrogen-bond donors (Lipinski definition) is 1. The first-order valence-electron chi connectivity index (χ1n) is 6.64. The maximum Gasteiger partial charge on any atom is 0.318 e. The van der Waals surface area contributed by atoms with Gasteiger partial charge in [-0.05, 0) is 28.7 Å². The van der Waals surface area contributed by atoms with Gasteiger partial charge >= 0.3 is 5.97 Å². The number of fused-ring (bicyclic) bond motifs is 3. The van der Waals surface area contributed by atoms with Crippen molar-refractivity contribution in [2.75, 3.05) is 0 Å². The number of hydrogen-bond acceptors (Lipinski definition) is 1. The van der Waals surface area contributed by atoms with Crippen molar-refractivity contribution in [1.82, 2.24) is 0 Å². The maximum absolute atomic E-state index is 12.0. The van der Waals surface area contributed by atoms with Crippen LogP contribution < -0.4 is 0 Å². The number of benzene rings is 2. The molecule has 1 aliphatic rings.